The summed E-state index contributed by atoms with van der Waals surface area (Å²) in [6, 6.07) is 10.5. The van der Waals surface area contributed by atoms with Crippen LogP contribution in [0.1, 0.15) is 27.9 Å². The molecular weight excluding hydrogens is 360 g/mol. The van der Waals surface area contributed by atoms with E-state index in [1.54, 1.807) is 30.3 Å². The van der Waals surface area contributed by atoms with Gasteiger partial charge in [0.05, 0.1) is 11.9 Å². The number of halogens is 1. The molecular formula is C18H19ClN2O3S. The molecule has 1 N–H and O–H groups in total. The number of benzene rings is 2. The SMILES string of the molecule is Cc1ccc(NC(=O)c2ccc3c(c2)CCCN3S(C)(=O)=O)cc1Cl. The van der Waals surface area contributed by atoms with Crippen molar-refractivity contribution < 1.29 is 13.2 Å². The molecule has 1 aliphatic heterocycles. The van der Waals surface area contributed by atoms with Crippen LogP contribution in [-0.2, 0) is 16.4 Å². The molecule has 2 aromatic rings. The third-order valence-electron chi connectivity index (χ3n) is 4.25. The Labute approximate surface area is 152 Å². The molecule has 5 nitrogen and oxygen atoms in total. The van der Waals surface area contributed by atoms with E-state index in [9.17, 15) is 13.2 Å². The van der Waals surface area contributed by atoms with Gasteiger partial charge >= 0.3 is 0 Å². The summed E-state index contributed by atoms with van der Waals surface area (Å²) in [6.45, 7) is 2.37. The van der Waals surface area contributed by atoms with Crippen LogP contribution in [0.2, 0.25) is 5.02 Å². The molecule has 1 amide bonds. The molecule has 0 fully saturated rings. The molecule has 1 heterocycles. The summed E-state index contributed by atoms with van der Waals surface area (Å²) >= 11 is 6.08. The van der Waals surface area contributed by atoms with Crippen LogP contribution in [-0.4, -0.2) is 27.1 Å². The normalized spacial score (nSPS) is 14.1. The Morgan fingerprint density at radius 3 is 2.64 bits per heavy atom. The van der Waals surface area contributed by atoms with Gasteiger partial charge < -0.3 is 5.32 Å². The molecule has 0 radical (unpaired) electrons. The molecule has 0 aliphatic carbocycles. The summed E-state index contributed by atoms with van der Waals surface area (Å²) in [4.78, 5) is 12.5. The van der Waals surface area contributed by atoms with Crippen LogP contribution >= 0.6 is 11.6 Å². The number of rotatable bonds is 3. The minimum atomic E-state index is -3.31. The highest BCUT2D eigenvalue weighted by atomic mass is 35.5. The van der Waals surface area contributed by atoms with E-state index in [0.717, 1.165) is 24.0 Å². The maximum Gasteiger partial charge on any atom is 0.255 e. The van der Waals surface area contributed by atoms with Crippen molar-refractivity contribution in [3.8, 4) is 0 Å². The number of fused-ring (bicyclic) bond motifs is 1. The highest BCUT2D eigenvalue weighted by molar-refractivity contribution is 7.92. The topological polar surface area (TPSA) is 66.5 Å². The number of hydrogen-bond donors (Lipinski definition) is 1. The Hall–Kier alpha value is -2.05. The Bertz CT molecular complexity index is 941. The first-order valence-corrected chi connectivity index (χ1v) is 10.2. The Balaban J connectivity index is 1.86. The zero-order chi connectivity index (χ0) is 18.2. The number of sulfonamides is 1. The lowest BCUT2D eigenvalue weighted by Crippen LogP contribution is -2.34. The second kappa shape index (κ2) is 6.69. The molecule has 0 spiro atoms. The summed E-state index contributed by atoms with van der Waals surface area (Å²) in [5.41, 5.74) is 3.58. The van der Waals surface area contributed by atoms with Gasteiger partial charge in [-0.15, -0.1) is 0 Å². The first-order chi connectivity index (χ1) is 11.8. The summed E-state index contributed by atoms with van der Waals surface area (Å²) in [7, 11) is -3.31. The van der Waals surface area contributed by atoms with Crippen molar-refractivity contribution in [1.29, 1.82) is 0 Å². The van der Waals surface area contributed by atoms with E-state index >= 15 is 0 Å². The zero-order valence-corrected chi connectivity index (χ0v) is 15.6. The molecule has 1 aliphatic rings. The van der Waals surface area contributed by atoms with Crippen molar-refractivity contribution in [2.45, 2.75) is 19.8 Å². The number of carbonyl (C=O) groups is 1. The van der Waals surface area contributed by atoms with Gasteiger partial charge in [0.25, 0.3) is 5.91 Å². The third-order valence-corrected chi connectivity index (χ3v) is 5.83. The molecule has 2 aromatic carbocycles. The molecule has 0 saturated carbocycles. The summed E-state index contributed by atoms with van der Waals surface area (Å²) in [5.74, 6) is -0.251. The second-order valence-electron chi connectivity index (χ2n) is 6.20. The number of nitrogens with one attached hydrogen (secondary N) is 1. The van der Waals surface area contributed by atoms with Crippen LogP contribution in [0.4, 0.5) is 11.4 Å². The van der Waals surface area contributed by atoms with Crippen LogP contribution in [0.25, 0.3) is 0 Å². The number of aryl methyl sites for hydroxylation is 2. The van der Waals surface area contributed by atoms with Crippen molar-refractivity contribution in [1.82, 2.24) is 0 Å². The smallest absolute Gasteiger partial charge is 0.255 e. The van der Waals surface area contributed by atoms with Crippen molar-refractivity contribution in [3.63, 3.8) is 0 Å². The molecule has 0 saturated heterocycles. The van der Waals surface area contributed by atoms with Crippen LogP contribution in [0.15, 0.2) is 36.4 Å². The Morgan fingerprint density at radius 1 is 1.20 bits per heavy atom. The van der Waals surface area contributed by atoms with Crippen LogP contribution in [0, 0.1) is 6.92 Å². The lowest BCUT2D eigenvalue weighted by Gasteiger charge is -2.29. The highest BCUT2D eigenvalue weighted by Crippen LogP contribution is 2.30. The Kier molecular flexibility index (Phi) is 4.75. The van der Waals surface area contributed by atoms with E-state index in [0.29, 0.717) is 28.5 Å². The average molecular weight is 379 g/mol. The van der Waals surface area contributed by atoms with E-state index in [2.05, 4.69) is 5.32 Å². The van der Waals surface area contributed by atoms with Gasteiger partial charge in [-0.05, 0) is 61.2 Å². The van der Waals surface area contributed by atoms with Gasteiger partial charge in [-0.2, -0.15) is 0 Å². The lowest BCUT2D eigenvalue weighted by atomic mass is 10.0. The molecule has 7 heteroatoms. The van der Waals surface area contributed by atoms with E-state index in [1.807, 2.05) is 13.0 Å². The maximum absolute atomic E-state index is 12.5. The minimum Gasteiger partial charge on any atom is -0.322 e. The fourth-order valence-corrected chi connectivity index (χ4v) is 4.10. The average Bonchev–Trinajstić information content (AvgIpc) is 2.56. The summed E-state index contributed by atoms with van der Waals surface area (Å²) < 4.78 is 25.2. The molecule has 0 bridgehead atoms. The molecule has 132 valence electrons. The fourth-order valence-electron chi connectivity index (χ4n) is 2.92. The van der Waals surface area contributed by atoms with E-state index in [1.165, 1.54) is 10.6 Å². The van der Waals surface area contributed by atoms with E-state index < -0.39 is 10.0 Å². The quantitative estimate of drug-likeness (QED) is 0.887. The zero-order valence-electron chi connectivity index (χ0n) is 14.0. The molecule has 3 rings (SSSR count). The predicted molar refractivity (Wildman–Crippen MR) is 101 cm³/mol. The minimum absolute atomic E-state index is 0.251. The van der Waals surface area contributed by atoms with Crippen LogP contribution in [0.3, 0.4) is 0 Å². The number of hydrogen-bond acceptors (Lipinski definition) is 3. The number of nitrogens with zero attached hydrogens (tertiary/aromatic N) is 1. The largest absolute Gasteiger partial charge is 0.322 e. The fraction of sp³-hybridized carbons (Fsp3) is 0.278. The lowest BCUT2D eigenvalue weighted by molar-refractivity contribution is 0.102. The summed E-state index contributed by atoms with van der Waals surface area (Å²) in [5, 5.41) is 3.41. The van der Waals surface area contributed by atoms with Gasteiger partial charge in [0.1, 0.15) is 0 Å². The molecule has 0 aromatic heterocycles. The Morgan fingerprint density at radius 2 is 1.96 bits per heavy atom. The van der Waals surface area contributed by atoms with Crippen molar-refractivity contribution in [2.75, 3.05) is 22.4 Å². The first kappa shape index (κ1) is 17.8. The predicted octanol–water partition coefficient (Wildman–Crippen LogP) is 3.61. The second-order valence-corrected chi connectivity index (χ2v) is 8.51. The van der Waals surface area contributed by atoms with Gasteiger partial charge in [-0.1, -0.05) is 17.7 Å². The number of carbonyl (C=O) groups excluding carboxylic acids is 1. The number of amides is 1. The van der Waals surface area contributed by atoms with Gasteiger partial charge in [0.2, 0.25) is 10.0 Å². The highest BCUT2D eigenvalue weighted by Gasteiger charge is 2.24. The van der Waals surface area contributed by atoms with Crippen LogP contribution in [0.5, 0.6) is 0 Å². The molecule has 0 unspecified atom stereocenters. The van der Waals surface area contributed by atoms with Crippen LogP contribution < -0.4 is 9.62 Å². The van der Waals surface area contributed by atoms with E-state index in [-0.39, 0.29) is 5.91 Å². The van der Waals surface area contributed by atoms with Crippen molar-refractivity contribution >= 4 is 38.9 Å². The monoisotopic (exact) mass is 378 g/mol. The maximum atomic E-state index is 12.5. The van der Waals surface area contributed by atoms with Gasteiger partial charge in [0.15, 0.2) is 0 Å². The van der Waals surface area contributed by atoms with Gasteiger partial charge in [0, 0.05) is 22.8 Å². The standard InChI is InChI=1S/C18H19ClN2O3S/c1-12-5-7-15(11-16(12)19)20-18(22)14-6-8-17-13(10-14)4-3-9-21(17)25(2,23)24/h5-8,10-11H,3-4,9H2,1-2H3,(H,20,22). The number of anilines is 2. The van der Waals surface area contributed by atoms with Gasteiger partial charge in [-0.3, -0.25) is 9.10 Å². The van der Waals surface area contributed by atoms with Gasteiger partial charge in [-0.25, -0.2) is 8.42 Å². The molecule has 25 heavy (non-hydrogen) atoms. The van der Waals surface area contributed by atoms with E-state index in [4.69, 9.17) is 11.6 Å². The van der Waals surface area contributed by atoms with Crippen molar-refractivity contribution in [2.24, 2.45) is 0 Å². The molecule has 0 atom stereocenters. The van der Waals surface area contributed by atoms with Crippen molar-refractivity contribution in [3.05, 3.63) is 58.1 Å². The third kappa shape index (κ3) is 3.80. The summed E-state index contributed by atoms with van der Waals surface area (Å²) in [6.07, 6.45) is 2.68. The first-order valence-electron chi connectivity index (χ1n) is 7.94.